The van der Waals surface area contributed by atoms with E-state index in [4.69, 9.17) is 5.73 Å². The molecule has 66 valence electrons. The number of hydrogen-bond donors (Lipinski definition) is 2. The lowest BCUT2D eigenvalue weighted by atomic mass is 10.0. The molecule has 0 radical (unpaired) electrons. The van der Waals surface area contributed by atoms with Crippen molar-refractivity contribution in [3.05, 3.63) is 0 Å². The topological polar surface area (TPSA) is 38.0 Å². The van der Waals surface area contributed by atoms with Gasteiger partial charge in [0, 0.05) is 6.04 Å². The average Bonchev–Trinajstić information content (AvgIpc) is 2.70. The van der Waals surface area contributed by atoms with Crippen molar-refractivity contribution in [2.75, 3.05) is 13.1 Å². The molecule has 0 amide bonds. The smallest absolute Gasteiger partial charge is 0.00925 e. The van der Waals surface area contributed by atoms with Crippen LogP contribution in [0.4, 0.5) is 0 Å². The molecular weight excluding hydrogens is 136 g/mol. The summed E-state index contributed by atoms with van der Waals surface area (Å²) in [5.41, 5.74) is 6.01. The fourth-order valence-corrected chi connectivity index (χ4v) is 1.30. The first-order valence-corrected chi connectivity index (χ1v) is 4.62. The van der Waals surface area contributed by atoms with Crippen LogP contribution in [-0.4, -0.2) is 19.1 Å². The van der Waals surface area contributed by atoms with Gasteiger partial charge in [-0.05, 0) is 44.7 Å². The minimum absolute atomic E-state index is 0.606. The lowest BCUT2D eigenvalue weighted by Crippen LogP contribution is -2.34. The van der Waals surface area contributed by atoms with Gasteiger partial charge in [0.05, 0.1) is 0 Å². The number of rotatable bonds is 5. The highest BCUT2D eigenvalue weighted by atomic mass is 14.9. The molecule has 1 unspecified atom stereocenters. The van der Waals surface area contributed by atoms with E-state index in [1.807, 2.05) is 0 Å². The normalized spacial score (nSPS) is 23.2. The van der Waals surface area contributed by atoms with Gasteiger partial charge in [-0.25, -0.2) is 0 Å². The molecular formula is C9H20N2. The first kappa shape index (κ1) is 9.01. The average molecular weight is 156 g/mol. The molecule has 0 spiro atoms. The van der Waals surface area contributed by atoms with E-state index in [0.29, 0.717) is 11.5 Å². The highest BCUT2D eigenvalue weighted by molar-refractivity contribution is 4.96. The molecule has 0 heterocycles. The second-order valence-corrected chi connectivity index (χ2v) is 3.97. The van der Waals surface area contributed by atoms with Gasteiger partial charge in [-0.15, -0.1) is 0 Å². The summed E-state index contributed by atoms with van der Waals surface area (Å²) in [5, 5.41) is 3.51. The fourth-order valence-electron chi connectivity index (χ4n) is 1.30. The van der Waals surface area contributed by atoms with E-state index in [1.165, 1.54) is 12.8 Å². The van der Waals surface area contributed by atoms with E-state index in [1.54, 1.807) is 0 Å². The largest absolute Gasteiger partial charge is 0.330 e. The predicted molar refractivity (Wildman–Crippen MR) is 48.5 cm³/mol. The van der Waals surface area contributed by atoms with Crippen molar-refractivity contribution in [1.29, 1.82) is 0 Å². The standard InChI is InChI=1S/C9H20N2/c1-8(9(2)4-5-9)11-7-3-6-10/h8,11H,3-7,10H2,1-2H3. The van der Waals surface area contributed by atoms with Crippen molar-refractivity contribution >= 4 is 0 Å². The number of nitrogens with two attached hydrogens (primary N) is 1. The van der Waals surface area contributed by atoms with Gasteiger partial charge in [-0.2, -0.15) is 0 Å². The lowest BCUT2D eigenvalue weighted by Gasteiger charge is -2.19. The Morgan fingerprint density at radius 2 is 2.18 bits per heavy atom. The molecule has 2 heteroatoms. The summed E-state index contributed by atoms with van der Waals surface area (Å²) in [4.78, 5) is 0. The third-order valence-corrected chi connectivity index (χ3v) is 2.92. The maximum absolute atomic E-state index is 5.40. The van der Waals surface area contributed by atoms with Crippen LogP contribution in [0.15, 0.2) is 0 Å². The molecule has 1 atom stereocenters. The Morgan fingerprint density at radius 1 is 1.55 bits per heavy atom. The van der Waals surface area contributed by atoms with Gasteiger partial charge in [0.2, 0.25) is 0 Å². The molecule has 1 rings (SSSR count). The highest BCUT2D eigenvalue weighted by Crippen LogP contribution is 2.47. The Bertz CT molecular complexity index is 119. The van der Waals surface area contributed by atoms with Gasteiger partial charge >= 0.3 is 0 Å². The molecule has 1 aliphatic carbocycles. The van der Waals surface area contributed by atoms with Crippen LogP contribution in [0.2, 0.25) is 0 Å². The molecule has 1 fully saturated rings. The zero-order valence-corrected chi connectivity index (χ0v) is 7.69. The Kier molecular flexibility index (Phi) is 2.90. The van der Waals surface area contributed by atoms with Gasteiger partial charge in [0.25, 0.3) is 0 Å². The van der Waals surface area contributed by atoms with Crippen molar-refractivity contribution < 1.29 is 0 Å². The second-order valence-electron chi connectivity index (χ2n) is 3.97. The summed E-state index contributed by atoms with van der Waals surface area (Å²) in [6, 6.07) is 0.675. The summed E-state index contributed by atoms with van der Waals surface area (Å²) in [6.07, 6.45) is 3.88. The molecule has 0 aromatic carbocycles. The highest BCUT2D eigenvalue weighted by Gasteiger charge is 2.41. The van der Waals surface area contributed by atoms with Gasteiger partial charge < -0.3 is 11.1 Å². The van der Waals surface area contributed by atoms with Crippen LogP contribution in [-0.2, 0) is 0 Å². The summed E-state index contributed by atoms with van der Waals surface area (Å²) < 4.78 is 0. The van der Waals surface area contributed by atoms with Gasteiger partial charge in [0.15, 0.2) is 0 Å². The van der Waals surface area contributed by atoms with Gasteiger partial charge in [-0.3, -0.25) is 0 Å². The first-order chi connectivity index (χ1) is 5.19. The van der Waals surface area contributed by atoms with Crippen LogP contribution < -0.4 is 11.1 Å². The summed E-state index contributed by atoms with van der Waals surface area (Å²) >= 11 is 0. The Hall–Kier alpha value is -0.0800. The molecule has 3 N–H and O–H groups in total. The van der Waals surface area contributed by atoms with E-state index >= 15 is 0 Å². The van der Waals surface area contributed by atoms with Crippen molar-refractivity contribution in [2.45, 2.75) is 39.2 Å². The van der Waals surface area contributed by atoms with Crippen molar-refractivity contribution in [3.63, 3.8) is 0 Å². The van der Waals surface area contributed by atoms with Crippen molar-refractivity contribution in [1.82, 2.24) is 5.32 Å². The lowest BCUT2D eigenvalue weighted by molar-refractivity contribution is 0.380. The molecule has 0 aromatic rings. The quantitative estimate of drug-likeness (QED) is 0.585. The molecule has 0 aromatic heterocycles. The first-order valence-electron chi connectivity index (χ1n) is 4.62. The Labute approximate surface area is 69.5 Å². The molecule has 1 saturated carbocycles. The van der Waals surface area contributed by atoms with E-state index in [-0.39, 0.29) is 0 Å². The summed E-state index contributed by atoms with van der Waals surface area (Å²) in [5.74, 6) is 0. The molecule has 2 nitrogen and oxygen atoms in total. The third-order valence-electron chi connectivity index (χ3n) is 2.92. The number of nitrogens with one attached hydrogen (secondary N) is 1. The van der Waals surface area contributed by atoms with E-state index < -0.39 is 0 Å². The SMILES string of the molecule is CC(NCCCN)C1(C)CC1. The zero-order valence-electron chi connectivity index (χ0n) is 7.69. The molecule has 0 saturated heterocycles. The Morgan fingerprint density at radius 3 is 2.64 bits per heavy atom. The van der Waals surface area contributed by atoms with Crippen LogP contribution in [0.3, 0.4) is 0 Å². The Balaban J connectivity index is 2.06. The number of hydrogen-bond acceptors (Lipinski definition) is 2. The molecule has 0 bridgehead atoms. The van der Waals surface area contributed by atoms with E-state index in [2.05, 4.69) is 19.2 Å². The van der Waals surface area contributed by atoms with Gasteiger partial charge in [0.1, 0.15) is 0 Å². The van der Waals surface area contributed by atoms with Crippen LogP contribution in [0, 0.1) is 5.41 Å². The minimum Gasteiger partial charge on any atom is -0.330 e. The van der Waals surface area contributed by atoms with Crippen molar-refractivity contribution in [2.24, 2.45) is 11.1 Å². The molecule has 0 aliphatic heterocycles. The minimum atomic E-state index is 0.606. The second kappa shape index (κ2) is 3.55. The van der Waals surface area contributed by atoms with E-state index in [9.17, 15) is 0 Å². The van der Waals surface area contributed by atoms with Crippen molar-refractivity contribution in [3.8, 4) is 0 Å². The van der Waals surface area contributed by atoms with Gasteiger partial charge in [-0.1, -0.05) is 6.92 Å². The third kappa shape index (κ3) is 2.46. The van der Waals surface area contributed by atoms with Crippen LogP contribution in [0.25, 0.3) is 0 Å². The summed E-state index contributed by atoms with van der Waals surface area (Å²) in [7, 11) is 0. The van der Waals surface area contributed by atoms with Crippen LogP contribution in [0.1, 0.15) is 33.1 Å². The maximum atomic E-state index is 5.40. The fraction of sp³-hybridized carbons (Fsp3) is 1.00. The molecule has 11 heavy (non-hydrogen) atoms. The monoisotopic (exact) mass is 156 g/mol. The molecule has 1 aliphatic rings. The van der Waals surface area contributed by atoms with E-state index in [0.717, 1.165) is 19.5 Å². The van der Waals surface area contributed by atoms with Crippen LogP contribution >= 0.6 is 0 Å². The maximum Gasteiger partial charge on any atom is 0.00925 e. The predicted octanol–water partition coefficient (Wildman–Crippen LogP) is 1.11. The zero-order chi connectivity index (χ0) is 8.32. The summed E-state index contributed by atoms with van der Waals surface area (Å²) in [6.45, 7) is 6.51. The van der Waals surface area contributed by atoms with Crippen LogP contribution in [0.5, 0.6) is 0 Å².